The summed E-state index contributed by atoms with van der Waals surface area (Å²) in [6.07, 6.45) is 0. The summed E-state index contributed by atoms with van der Waals surface area (Å²) in [6.45, 7) is 0. The van der Waals surface area contributed by atoms with Crippen LogP contribution >= 0.6 is 23.2 Å². The van der Waals surface area contributed by atoms with E-state index < -0.39 is 15.0 Å². The van der Waals surface area contributed by atoms with Gasteiger partial charge in [-0.3, -0.25) is 4.55 Å². The van der Waals surface area contributed by atoms with Crippen molar-refractivity contribution in [1.29, 1.82) is 0 Å². The summed E-state index contributed by atoms with van der Waals surface area (Å²) < 4.78 is 29.8. The molecule has 0 bridgehead atoms. The summed E-state index contributed by atoms with van der Waals surface area (Å²) in [4.78, 5) is -0.503. The van der Waals surface area contributed by atoms with Gasteiger partial charge < -0.3 is 0 Å². The molecule has 6 heteroatoms. The van der Waals surface area contributed by atoms with Crippen molar-refractivity contribution < 1.29 is 13.0 Å². The predicted octanol–water partition coefficient (Wildman–Crippen LogP) is 2.04. The molecule has 0 aliphatic carbocycles. The van der Waals surface area contributed by atoms with Gasteiger partial charge in [0.05, 0.1) is 10.0 Å². The standard InChI is InChI=1S/C6H3Cl2O3S/c7-4-1-2-5(8)6(3-4)12(9,10)11/h1-2H,(H,9,10,11). The maximum Gasteiger partial charge on any atom is 0.296 e. The van der Waals surface area contributed by atoms with Crippen LogP contribution in [0.2, 0.25) is 10.0 Å². The van der Waals surface area contributed by atoms with Gasteiger partial charge in [-0.1, -0.05) is 23.2 Å². The van der Waals surface area contributed by atoms with Crippen LogP contribution in [-0.4, -0.2) is 13.0 Å². The Morgan fingerprint density at radius 1 is 1.33 bits per heavy atom. The Kier molecular flexibility index (Phi) is 2.63. The second kappa shape index (κ2) is 3.22. The molecule has 1 N–H and O–H groups in total. The van der Waals surface area contributed by atoms with Crippen LogP contribution in [0.3, 0.4) is 0 Å². The van der Waals surface area contributed by atoms with E-state index in [0.29, 0.717) is 0 Å². The smallest absolute Gasteiger partial charge is 0.282 e. The van der Waals surface area contributed by atoms with Crippen LogP contribution in [-0.2, 0) is 10.1 Å². The second-order valence-corrected chi connectivity index (χ2v) is 4.13. The van der Waals surface area contributed by atoms with Gasteiger partial charge in [-0.15, -0.1) is 0 Å². The number of rotatable bonds is 1. The number of halogens is 2. The second-order valence-electron chi connectivity index (χ2n) is 1.96. The molecule has 65 valence electrons. The molecular formula is C6H3Cl2O3S. The highest BCUT2D eigenvalue weighted by atomic mass is 35.5. The number of hydrogen-bond donors (Lipinski definition) is 1. The Morgan fingerprint density at radius 2 is 1.92 bits per heavy atom. The predicted molar refractivity (Wildman–Crippen MR) is 45.1 cm³/mol. The first kappa shape index (κ1) is 9.80. The van der Waals surface area contributed by atoms with Crippen LogP contribution in [0.5, 0.6) is 0 Å². The normalized spacial score (nSPS) is 11.6. The minimum absolute atomic E-state index is 0.0759. The molecule has 0 spiro atoms. The first-order chi connectivity index (χ1) is 5.41. The van der Waals surface area contributed by atoms with Crippen molar-refractivity contribution in [2.75, 3.05) is 0 Å². The van der Waals surface area contributed by atoms with Crippen molar-refractivity contribution in [3.63, 3.8) is 0 Å². The Hall–Kier alpha value is -0.290. The SMILES string of the molecule is O=S(=O)(O)c1[c]c(Cl)ccc1Cl. The molecule has 0 aliphatic heterocycles. The van der Waals surface area contributed by atoms with Crippen LogP contribution in [0.4, 0.5) is 0 Å². The number of hydrogen-bond acceptors (Lipinski definition) is 2. The van der Waals surface area contributed by atoms with Crippen molar-refractivity contribution >= 4 is 33.3 Å². The van der Waals surface area contributed by atoms with E-state index in [1.54, 1.807) is 0 Å². The molecule has 12 heavy (non-hydrogen) atoms. The summed E-state index contributed by atoms with van der Waals surface area (Å²) in [5.41, 5.74) is 0. The third-order valence-electron chi connectivity index (χ3n) is 1.08. The molecule has 1 rings (SSSR count). The van der Waals surface area contributed by atoms with Crippen LogP contribution in [0.15, 0.2) is 17.0 Å². The molecule has 0 aliphatic rings. The summed E-state index contributed by atoms with van der Waals surface area (Å²) in [7, 11) is -4.33. The van der Waals surface area contributed by atoms with Gasteiger partial charge in [0.25, 0.3) is 10.1 Å². The lowest BCUT2D eigenvalue weighted by molar-refractivity contribution is 0.483. The maximum atomic E-state index is 10.6. The van der Waals surface area contributed by atoms with Crippen molar-refractivity contribution in [2.45, 2.75) is 4.90 Å². The van der Waals surface area contributed by atoms with E-state index in [1.807, 2.05) is 0 Å². The number of benzene rings is 1. The molecule has 0 amide bonds. The van der Waals surface area contributed by atoms with Gasteiger partial charge in [0.2, 0.25) is 0 Å². The lowest BCUT2D eigenvalue weighted by atomic mass is 10.4. The van der Waals surface area contributed by atoms with Crippen molar-refractivity contribution in [3.8, 4) is 0 Å². The zero-order valence-electron chi connectivity index (χ0n) is 5.58. The van der Waals surface area contributed by atoms with Crippen LogP contribution < -0.4 is 0 Å². The first-order valence-electron chi connectivity index (χ1n) is 2.76. The highest BCUT2D eigenvalue weighted by Crippen LogP contribution is 2.23. The molecule has 0 saturated carbocycles. The van der Waals surface area contributed by atoms with Crippen molar-refractivity contribution in [2.24, 2.45) is 0 Å². The Labute approximate surface area is 79.7 Å². The lowest BCUT2D eigenvalue weighted by Crippen LogP contribution is -1.98. The molecule has 0 aromatic heterocycles. The fraction of sp³-hybridized carbons (Fsp3) is 0. The largest absolute Gasteiger partial charge is 0.296 e. The summed E-state index contributed by atoms with van der Waals surface area (Å²) in [5.74, 6) is 0. The molecule has 1 radical (unpaired) electrons. The molecule has 0 saturated heterocycles. The highest BCUT2D eigenvalue weighted by Gasteiger charge is 2.14. The molecule has 0 fully saturated rings. The monoisotopic (exact) mass is 225 g/mol. The molecule has 0 atom stereocenters. The van der Waals surface area contributed by atoms with E-state index in [0.717, 1.165) is 0 Å². The molecular weight excluding hydrogens is 223 g/mol. The molecule has 1 aromatic carbocycles. The first-order valence-corrected chi connectivity index (χ1v) is 4.95. The van der Waals surface area contributed by atoms with Gasteiger partial charge in [-0.2, -0.15) is 8.42 Å². The van der Waals surface area contributed by atoms with Crippen LogP contribution in [0, 0.1) is 6.07 Å². The molecule has 0 heterocycles. The Morgan fingerprint density at radius 3 is 2.33 bits per heavy atom. The van der Waals surface area contributed by atoms with Crippen LogP contribution in [0.25, 0.3) is 0 Å². The zero-order valence-corrected chi connectivity index (χ0v) is 7.91. The summed E-state index contributed by atoms with van der Waals surface area (Å²) in [6, 6.07) is 4.85. The van der Waals surface area contributed by atoms with Gasteiger partial charge in [0.15, 0.2) is 0 Å². The lowest BCUT2D eigenvalue weighted by Gasteiger charge is -1.98. The average Bonchev–Trinajstić information content (AvgIpc) is 1.92. The quantitative estimate of drug-likeness (QED) is 0.745. The van der Waals surface area contributed by atoms with Gasteiger partial charge in [-0.05, 0) is 12.1 Å². The maximum absolute atomic E-state index is 10.6. The van der Waals surface area contributed by atoms with Gasteiger partial charge >= 0.3 is 0 Å². The average molecular weight is 226 g/mol. The molecule has 0 unspecified atom stereocenters. The van der Waals surface area contributed by atoms with E-state index in [2.05, 4.69) is 6.07 Å². The Balaban J connectivity index is 3.43. The van der Waals surface area contributed by atoms with E-state index in [-0.39, 0.29) is 10.0 Å². The topological polar surface area (TPSA) is 54.4 Å². The summed E-state index contributed by atoms with van der Waals surface area (Å²) >= 11 is 10.9. The van der Waals surface area contributed by atoms with E-state index in [1.165, 1.54) is 12.1 Å². The van der Waals surface area contributed by atoms with Gasteiger partial charge in [0.1, 0.15) is 4.90 Å². The van der Waals surface area contributed by atoms with Crippen molar-refractivity contribution in [3.05, 3.63) is 28.2 Å². The third kappa shape index (κ3) is 2.10. The minimum Gasteiger partial charge on any atom is -0.282 e. The van der Waals surface area contributed by atoms with Crippen LogP contribution in [0.1, 0.15) is 0 Å². The van der Waals surface area contributed by atoms with Gasteiger partial charge in [0, 0.05) is 6.07 Å². The van der Waals surface area contributed by atoms with E-state index in [9.17, 15) is 8.42 Å². The molecule has 3 nitrogen and oxygen atoms in total. The van der Waals surface area contributed by atoms with Gasteiger partial charge in [-0.25, -0.2) is 0 Å². The minimum atomic E-state index is -4.33. The van der Waals surface area contributed by atoms with E-state index in [4.69, 9.17) is 27.8 Å². The van der Waals surface area contributed by atoms with Crippen molar-refractivity contribution in [1.82, 2.24) is 0 Å². The zero-order chi connectivity index (χ0) is 9.35. The third-order valence-corrected chi connectivity index (χ3v) is 2.57. The van der Waals surface area contributed by atoms with E-state index >= 15 is 0 Å². The Bertz CT molecular complexity index is 399. The molecule has 1 aromatic rings. The summed E-state index contributed by atoms with van der Waals surface area (Å²) in [5, 5.41) is -0.0334. The fourth-order valence-electron chi connectivity index (χ4n) is 0.620. The highest BCUT2D eigenvalue weighted by molar-refractivity contribution is 7.86. The fourth-order valence-corrected chi connectivity index (χ4v) is 1.79.